The van der Waals surface area contributed by atoms with Crippen LogP contribution in [0, 0.1) is 0 Å². The molecule has 128 valence electrons. The number of carboxylic acid groups (broad SMARTS) is 3. The predicted molar refractivity (Wildman–Crippen MR) is 80.5 cm³/mol. The van der Waals surface area contributed by atoms with E-state index in [-0.39, 0.29) is 5.56 Å². The molecule has 0 heterocycles. The van der Waals surface area contributed by atoms with Crippen LogP contribution in [0.5, 0.6) is 11.5 Å². The number of carboxylic acids is 3. The van der Waals surface area contributed by atoms with Crippen molar-refractivity contribution >= 4 is 23.7 Å². The fourth-order valence-corrected chi connectivity index (χ4v) is 2.26. The second-order valence-corrected chi connectivity index (χ2v) is 4.83. The zero-order chi connectivity index (χ0) is 18.9. The first-order valence-electron chi connectivity index (χ1n) is 6.59. The highest BCUT2D eigenvalue weighted by Gasteiger charge is 2.32. The van der Waals surface area contributed by atoms with Crippen LogP contribution in [0.15, 0.2) is 30.3 Å². The maximum Gasteiger partial charge on any atom is 0.340 e. The average Bonchev–Trinajstić information content (AvgIpc) is 2.53. The molecule has 0 atom stereocenters. The van der Waals surface area contributed by atoms with Crippen molar-refractivity contribution in [2.24, 2.45) is 0 Å². The predicted octanol–water partition coefficient (Wildman–Crippen LogP) is 1.42. The summed E-state index contributed by atoms with van der Waals surface area (Å²) in [4.78, 5) is 46.5. The summed E-state index contributed by atoms with van der Waals surface area (Å²) in [5.41, 5.74) is -4.42. The van der Waals surface area contributed by atoms with E-state index in [9.17, 15) is 34.5 Å². The summed E-state index contributed by atoms with van der Waals surface area (Å²) in [6, 6.07) is 5.61. The van der Waals surface area contributed by atoms with Crippen LogP contribution in [0.1, 0.15) is 47.0 Å². The average molecular weight is 346 g/mol. The third-order valence-electron chi connectivity index (χ3n) is 3.35. The van der Waals surface area contributed by atoms with Crippen molar-refractivity contribution in [2.45, 2.75) is 0 Å². The van der Waals surface area contributed by atoms with Crippen LogP contribution >= 0.6 is 0 Å². The lowest BCUT2D eigenvalue weighted by Crippen LogP contribution is -2.18. The Labute approximate surface area is 139 Å². The van der Waals surface area contributed by atoms with E-state index in [0.717, 1.165) is 12.1 Å². The topological polar surface area (TPSA) is 169 Å². The number of aromatic hydroxyl groups is 2. The van der Waals surface area contributed by atoms with Crippen LogP contribution in [0.3, 0.4) is 0 Å². The molecule has 2 aromatic carbocycles. The Bertz CT molecular complexity index is 927. The Morgan fingerprint density at radius 2 is 1.24 bits per heavy atom. The summed E-state index contributed by atoms with van der Waals surface area (Å²) in [6.45, 7) is 0. The number of ketones is 1. The third kappa shape index (κ3) is 2.98. The van der Waals surface area contributed by atoms with Crippen molar-refractivity contribution < 1.29 is 44.7 Å². The standard InChI is InChI=1S/C16H10O9/c17-9-4-2-1-3-6(9)12(18)7-5-8(14(20)21)13(19)11(16(24)25)10(7)15(22)23/h1-5,17,19H,(H,20,21)(H,22,23)(H,24,25). The van der Waals surface area contributed by atoms with Crippen molar-refractivity contribution in [1.82, 2.24) is 0 Å². The summed E-state index contributed by atoms with van der Waals surface area (Å²) in [7, 11) is 0. The van der Waals surface area contributed by atoms with Crippen LogP contribution in [0.4, 0.5) is 0 Å². The number of aromatic carboxylic acids is 3. The van der Waals surface area contributed by atoms with Crippen LogP contribution in [0.2, 0.25) is 0 Å². The van der Waals surface area contributed by atoms with Crippen LogP contribution in [0.25, 0.3) is 0 Å². The minimum Gasteiger partial charge on any atom is -0.507 e. The summed E-state index contributed by atoms with van der Waals surface area (Å²) in [5.74, 6) is -8.45. The molecular formula is C16H10O9. The number of benzene rings is 2. The molecule has 5 N–H and O–H groups in total. The van der Waals surface area contributed by atoms with Crippen LogP contribution in [-0.4, -0.2) is 49.2 Å². The summed E-state index contributed by atoms with van der Waals surface area (Å²) in [5, 5.41) is 47.0. The van der Waals surface area contributed by atoms with Crippen molar-refractivity contribution in [3.63, 3.8) is 0 Å². The molecule has 0 amide bonds. The Morgan fingerprint density at radius 1 is 0.680 bits per heavy atom. The molecule has 0 saturated carbocycles. The molecule has 0 fully saturated rings. The Morgan fingerprint density at radius 3 is 1.72 bits per heavy atom. The number of hydrogen-bond donors (Lipinski definition) is 5. The van der Waals surface area contributed by atoms with Crippen molar-refractivity contribution in [1.29, 1.82) is 0 Å². The van der Waals surface area contributed by atoms with Crippen molar-refractivity contribution in [3.05, 3.63) is 58.1 Å². The molecule has 0 aliphatic carbocycles. The van der Waals surface area contributed by atoms with Gasteiger partial charge in [0.1, 0.15) is 22.6 Å². The SMILES string of the molecule is O=C(O)c1cc(C(=O)c2ccccc2O)c(C(=O)O)c(C(=O)O)c1O. The van der Waals surface area contributed by atoms with Gasteiger partial charge in [0.15, 0.2) is 5.78 Å². The van der Waals surface area contributed by atoms with Gasteiger partial charge in [-0.3, -0.25) is 4.79 Å². The van der Waals surface area contributed by atoms with Gasteiger partial charge < -0.3 is 25.5 Å². The number of para-hydroxylation sites is 1. The molecule has 2 aromatic rings. The number of phenolic OH excluding ortho intramolecular Hbond substituents is 1. The second kappa shape index (κ2) is 6.32. The quantitative estimate of drug-likeness (QED) is 0.502. The molecule has 0 aromatic heterocycles. The highest BCUT2D eigenvalue weighted by molar-refractivity contribution is 6.20. The van der Waals surface area contributed by atoms with Gasteiger partial charge >= 0.3 is 17.9 Å². The molecule has 25 heavy (non-hydrogen) atoms. The highest BCUT2D eigenvalue weighted by atomic mass is 16.4. The number of rotatable bonds is 5. The monoisotopic (exact) mass is 346 g/mol. The molecule has 0 bridgehead atoms. The first-order valence-corrected chi connectivity index (χ1v) is 6.59. The first kappa shape index (κ1) is 17.5. The second-order valence-electron chi connectivity index (χ2n) is 4.83. The lowest BCUT2D eigenvalue weighted by Gasteiger charge is -2.13. The Balaban J connectivity index is 2.91. The van der Waals surface area contributed by atoms with Gasteiger partial charge in [-0.05, 0) is 18.2 Å². The van der Waals surface area contributed by atoms with E-state index in [2.05, 4.69) is 0 Å². The molecular weight excluding hydrogens is 336 g/mol. The smallest absolute Gasteiger partial charge is 0.340 e. The fourth-order valence-electron chi connectivity index (χ4n) is 2.26. The van der Waals surface area contributed by atoms with E-state index < -0.39 is 57.4 Å². The number of carbonyl (C=O) groups is 4. The highest BCUT2D eigenvalue weighted by Crippen LogP contribution is 2.32. The molecule has 0 spiro atoms. The van der Waals surface area contributed by atoms with Gasteiger partial charge in [0.2, 0.25) is 0 Å². The molecule has 0 aliphatic heterocycles. The number of carbonyl (C=O) groups excluding carboxylic acids is 1. The molecule has 0 aliphatic rings. The minimum atomic E-state index is -1.93. The normalized spacial score (nSPS) is 10.2. The minimum absolute atomic E-state index is 0.358. The lowest BCUT2D eigenvalue weighted by atomic mass is 9.91. The summed E-state index contributed by atoms with van der Waals surface area (Å²) < 4.78 is 0. The van der Waals surface area contributed by atoms with Crippen molar-refractivity contribution in [2.75, 3.05) is 0 Å². The van der Waals surface area contributed by atoms with E-state index in [1.807, 2.05) is 0 Å². The largest absolute Gasteiger partial charge is 0.507 e. The molecule has 9 nitrogen and oxygen atoms in total. The fraction of sp³-hybridized carbons (Fsp3) is 0. The van der Waals surface area contributed by atoms with Gasteiger partial charge in [0, 0.05) is 5.56 Å². The van der Waals surface area contributed by atoms with Crippen molar-refractivity contribution in [3.8, 4) is 11.5 Å². The summed E-state index contributed by atoms with van der Waals surface area (Å²) in [6.07, 6.45) is 0. The van der Waals surface area contributed by atoms with Crippen LogP contribution in [-0.2, 0) is 0 Å². The third-order valence-corrected chi connectivity index (χ3v) is 3.35. The van der Waals surface area contributed by atoms with Gasteiger partial charge in [-0.1, -0.05) is 12.1 Å². The zero-order valence-corrected chi connectivity index (χ0v) is 12.3. The van der Waals surface area contributed by atoms with E-state index in [1.165, 1.54) is 12.1 Å². The Kier molecular flexibility index (Phi) is 4.42. The molecule has 9 heteroatoms. The zero-order valence-electron chi connectivity index (χ0n) is 12.3. The van der Waals surface area contributed by atoms with Gasteiger partial charge in [0.25, 0.3) is 0 Å². The van der Waals surface area contributed by atoms with Gasteiger partial charge in [-0.25, -0.2) is 14.4 Å². The molecule has 0 radical (unpaired) electrons. The summed E-state index contributed by atoms with van der Waals surface area (Å²) >= 11 is 0. The van der Waals surface area contributed by atoms with E-state index in [1.54, 1.807) is 0 Å². The van der Waals surface area contributed by atoms with E-state index >= 15 is 0 Å². The Hall–Kier alpha value is -3.88. The molecule has 0 saturated heterocycles. The number of hydrogen-bond acceptors (Lipinski definition) is 6. The maximum atomic E-state index is 12.6. The van der Waals surface area contributed by atoms with Gasteiger partial charge in [-0.15, -0.1) is 0 Å². The van der Waals surface area contributed by atoms with Crippen LogP contribution < -0.4 is 0 Å². The van der Waals surface area contributed by atoms with Gasteiger partial charge in [-0.2, -0.15) is 0 Å². The van der Waals surface area contributed by atoms with E-state index in [4.69, 9.17) is 10.2 Å². The van der Waals surface area contributed by atoms with Gasteiger partial charge in [0.05, 0.1) is 11.1 Å². The lowest BCUT2D eigenvalue weighted by molar-refractivity contribution is 0.0643. The first-order chi connectivity index (χ1) is 11.7. The molecule has 2 rings (SSSR count). The number of phenols is 2. The maximum absolute atomic E-state index is 12.6. The van der Waals surface area contributed by atoms with E-state index in [0.29, 0.717) is 6.07 Å². The molecule has 0 unspecified atom stereocenters.